The number of aliphatic hydroxyl groups is 1. The summed E-state index contributed by atoms with van der Waals surface area (Å²) in [6, 6.07) is 20.2. The van der Waals surface area contributed by atoms with Crippen molar-refractivity contribution < 1.29 is 14.6 Å². The highest BCUT2D eigenvalue weighted by Gasteiger charge is 2.41. The van der Waals surface area contributed by atoms with Crippen LogP contribution >= 0.6 is 0 Å². The summed E-state index contributed by atoms with van der Waals surface area (Å²) in [7, 11) is 0. The first-order valence-electron chi connectivity index (χ1n) is 8.23. The van der Waals surface area contributed by atoms with E-state index in [1.54, 1.807) is 0 Å². The standard InChI is InChI=1S/C20H24O3/c1-15-18(21)12-19(22-13-16-8-4-2-5-9-16)20(15)23-14-17-10-6-3-7-11-17/h2-11,15,18-21H,12-14H2,1H3/t15-,18+,19+,20+/m0/s1. The largest absolute Gasteiger partial charge is 0.393 e. The molecule has 23 heavy (non-hydrogen) atoms. The van der Waals surface area contributed by atoms with Gasteiger partial charge in [-0.05, 0) is 11.1 Å². The predicted octanol–water partition coefficient (Wildman–Crippen LogP) is 3.56. The number of hydrogen-bond acceptors (Lipinski definition) is 3. The Bertz CT molecular complexity index is 584. The maximum atomic E-state index is 10.2. The van der Waals surface area contributed by atoms with E-state index in [0.29, 0.717) is 19.6 Å². The maximum absolute atomic E-state index is 10.2. The summed E-state index contributed by atoms with van der Waals surface area (Å²) in [5.41, 5.74) is 2.28. The molecule has 4 atom stereocenters. The lowest BCUT2D eigenvalue weighted by molar-refractivity contribution is -0.0827. The molecular formula is C20H24O3. The van der Waals surface area contributed by atoms with E-state index in [0.717, 1.165) is 11.1 Å². The van der Waals surface area contributed by atoms with Gasteiger partial charge < -0.3 is 14.6 Å². The molecule has 1 aliphatic carbocycles. The topological polar surface area (TPSA) is 38.7 Å². The Hall–Kier alpha value is -1.68. The van der Waals surface area contributed by atoms with E-state index in [1.807, 2.05) is 43.3 Å². The second-order valence-electron chi connectivity index (χ2n) is 6.26. The first-order valence-corrected chi connectivity index (χ1v) is 8.23. The molecular weight excluding hydrogens is 288 g/mol. The number of hydrogen-bond donors (Lipinski definition) is 1. The van der Waals surface area contributed by atoms with E-state index in [-0.39, 0.29) is 24.2 Å². The fourth-order valence-corrected chi connectivity index (χ4v) is 3.11. The SMILES string of the molecule is C[C@@H]1[C@@H](OCc2ccccc2)[C@H](OCc2ccccc2)C[C@H]1O. The summed E-state index contributed by atoms with van der Waals surface area (Å²) in [6.07, 6.45) is 0.127. The van der Waals surface area contributed by atoms with Gasteiger partial charge in [0.2, 0.25) is 0 Å². The molecule has 2 aromatic carbocycles. The predicted molar refractivity (Wildman–Crippen MR) is 89.8 cm³/mol. The summed E-state index contributed by atoms with van der Waals surface area (Å²) in [5.74, 6) is 0.0829. The normalized spacial score (nSPS) is 27.2. The Morgan fingerprint density at radius 2 is 1.39 bits per heavy atom. The van der Waals surface area contributed by atoms with Crippen molar-refractivity contribution in [1.29, 1.82) is 0 Å². The highest BCUT2D eigenvalue weighted by Crippen LogP contribution is 2.32. The molecule has 3 heteroatoms. The molecule has 0 saturated heterocycles. The zero-order valence-electron chi connectivity index (χ0n) is 13.5. The minimum Gasteiger partial charge on any atom is -0.393 e. The van der Waals surface area contributed by atoms with E-state index >= 15 is 0 Å². The zero-order chi connectivity index (χ0) is 16.1. The molecule has 0 bridgehead atoms. The van der Waals surface area contributed by atoms with Crippen LogP contribution in [0.3, 0.4) is 0 Å². The van der Waals surface area contributed by atoms with Crippen LogP contribution in [-0.4, -0.2) is 23.4 Å². The minimum atomic E-state index is -0.364. The van der Waals surface area contributed by atoms with Gasteiger partial charge in [-0.15, -0.1) is 0 Å². The van der Waals surface area contributed by atoms with Crippen molar-refractivity contribution in [3.05, 3.63) is 71.8 Å². The molecule has 0 heterocycles. The summed E-state index contributed by atoms with van der Waals surface area (Å²) >= 11 is 0. The van der Waals surface area contributed by atoms with Gasteiger partial charge in [-0.2, -0.15) is 0 Å². The van der Waals surface area contributed by atoms with Crippen molar-refractivity contribution in [2.45, 2.75) is 44.9 Å². The fraction of sp³-hybridized carbons (Fsp3) is 0.400. The van der Waals surface area contributed by atoms with Crippen LogP contribution in [0.5, 0.6) is 0 Å². The van der Waals surface area contributed by atoms with Crippen molar-refractivity contribution in [1.82, 2.24) is 0 Å². The summed E-state index contributed by atoms with van der Waals surface area (Å²) in [5, 5.41) is 10.2. The first-order chi connectivity index (χ1) is 11.2. The van der Waals surface area contributed by atoms with Gasteiger partial charge in [0.05, 0.1) is 31.5 Å². The molecule has 0 radical (unpaired) electrons. The minimum absolute atomic E-state index is 0.0658. The Morgan fingerprint density at radius 3 is 1.96 bits per heavy atom. The summed E-state index contributed by atoms with van der Waals surface area (Å²) in [4.78, 5) is 0. The van der Waals surface area contributed by atoms with Gasteiger partial charge in [-0.25, -0.2) is 0 Å². The molecule has 3 nitrogen and oxygen atoms in total. The molecule has 1 fully saturated rings. The van der Waals surface area contributed by atoms with Crippen molar-refractivity contribution in [2.75, 3.05) is 0 Å². The quantitative estimate of drug-likeness (QED) is 0.886. The van der Waals surface area contributed by atoms with Gasteiger partial charge in [0, 0.05) is 12.3 Å². The first kappa shape index (κ1) is 16.2. The summed E-state index contributed by atoms with van der Waals surface area (Å²) < 4.78 is 12.1. The number of ether oxygens (including phenoxy) is 2. The third kappa shape index (κ3) is 4.20. The van der Waals surface area contributed by atoms with Crippen LogP contribution in [0, 0.1) is 5.92 Å². The van der Waals surface area contributed by atoms with Crippen LogP contribution in [0.4, 0.5) is 0 Å². The van der Waals surface area contributed by atoms with Gasteiger partial charge in [-0.1, -0.05) is 67.6 Å². The molecule has 3 rings (SSSR count). The van der Waals surface area contributed by atoms with Gasteiger partial charge in [0.15, 0.2) is 0 Å². The smallest absolute Gasteiger partial charge is 0.0892 e. The molecule has 1 aliphatic rings. The van der Waals surface area contributed by atoms with Crippen LogP contribution in [-0.2, 0) is 22.7 Å². The Morgan fingerprint density at radius 1 is 0.870 bits per heavy atom. The lowest BCUT2D eigenvalue weighted by Gasteiger charge is -2.24. The summed E-state index contributed by atoms with van der Waals surface area (Å²) in [6.45, 7) is 3.14. The van der Waals surface area contributed by atoms with Crippen LogP contribution in [0.2, 0.25) is 0 Å². The molecule has 0 amide bonds. The van der Waals surface area contributed by atoms with Gasteiger partial charge in [-0.3, -0.25) is 0 Å². The van der Waals surface area contributed by atoms with E-state index < -0.39 is 0 Å². The maximum Gasteiger partial charge on any atom is 0.0892 e. The van der Waals surface area contributed by atoms with Crippen LogP contribution < -0.4 is 0 Å². The Balaban J connectivity index is 1.59. The van der Waals surface area contributed by atoms with E-state index in [1.165, 1.54) is 0 Å². The number of aliphatic hydroxyl groups excluding tert-OH is 1. The molecule has 0 aliphatic heterocycles. The number of rotatable bonds is 6. The monoisotopic (exact) mass is 312 g/mol. The van der Waals surface area contributed by atoms with Crippen LogP contribution in [0.1, 0.15) is 24.5 Å². The molecule has 1 N–H and O–H groups in total. The highest BCUT2D eigenvalue weighted by atomic mass is 16.5. The Kier molecular flexibility index (Phi) is 5.44. The van der Waals surface area contributed by atoms with Crippen molar-refractivity contribution in [3.63, 3.8) is 0 Å². The molecule has 0 unspecified atom stereocenters. The molecule has 0 spiro atoms. The zero-order valence-corrected chi connectivity index (χ0v) is 13.5. The third-order valence-corrected chi connectivity index (χ3v) is 4.56. The lowest BCUT2D eigenvalue weighted by atomic mass is 10.1. The average Bonchev–Trinajstić information content (AvgIpc) is 2.87. The van der Waals surface area contributed by atoms with Gasteiger partial charge >= 0.3 is 0 Å². The second-order valence-corrected chi connectivity index (χ2v) is 6.26. The number of benzene rings is 2. The van der Waals surface area contributed by atoms with E-state index in [2.05, 4.69) is 24.3 Å². The van der Waals surface area contributed by atoms with Gasteiger partial charge in [0.25, 0.3) is 0 Å². The highest BCUT2D eigenvalue weighted by molar-refractivity contribution is 5.14. The molecule has 2 aromatic rings. The van der Waals surface area contributed by atoms with E-state index in [9.17, 15) is 5.11 Å². The van der Waals surface area contributed by atoms with Crippen molar-refractivity contribution in [3.8, 4) is 0 Å². The lowest BCUT2D eigenvalue weighted by Crippen LogP contribution is -2.30. The van der Waals surface area contributed by atoms with E-state index in [4.69, 9.17) is 9.47 Å². The molecule has 122 valence electrons. The van der Waals surface area contributed by atoms with Gasteiger partial charge in [0.1, 0.15) is 0 Å². The van der Waals surface area contributed by atoms with Crippen molar-refractivity contribution in [2.24, 2.45) is 5.92 Å². The van der Waals surface area contributed by atoms with Crippen LogP contribution in [0.25, 0.3) is 0 Å². The fourth-order valence-electron chi connectivity index (χ4n) is 3.11. The second kappa shape index (κ2) is 7.73. The Labute approximate surface area is 137 Å². The third-order valence-electron chi connectivity index (χ3n) is 4.56. The van der Waals surface area contributed by atoms with Crippen LogP contribution in [0.15, 0.2) is 60.7 Å². The van der Waals surface area contributed by atoms with Crippen molar-refractivity contribution >= 4 is 0 Å². The average molecular weight is 312 g/mol. The molecule has 1 saturated carbocycles. The molecule has 0 aromatic heterocycles.